The van der Waals surface area contributed by atoms with Crippen molar-refractivity contribution in [2.75, 3.05) is 19.6 Å². The fourth-order valence-corrected chi connectivity index (χ4v) is 3.11. The summed E-state index contributed by atoms with van der Waals surface area (Å²) in [4.78, 5) is 16.3. The smallest absolute Gasteiger partial charge is 0.410 e. The maximum atomic E-state index is 12.0. The van der Waals surface area contributed by atoms with Gasteiger partial charge in [0.05, 0.1) is 5.54 Å². The quantitative estimate of drug-likeness (QED) is 0.839. The van der Waals surface area contributed by atoms with Gasteiger partial charge in [0.1, 0.15) is 5.60 Å². The highest BCUT2D eigenvalue weighted by Gasteiger charge is 2.55. The lowest BCUT2D eigenvalue weighted by atomic mass is 9.77. The number of carbonyl (C=O) groups is 1. The van der Waals surface area contributed by atoms with Crippen LogP contribution in [-0.4, -0.2) is 46.7 Å². The second-order valence-electron chi connectivity index (χ2n) is 7.22. The Hall–Kier alpha value is -1.55. The number of carbonyl (C=O) groups excluding carboxylic acids is 1. The van der Waals surface area contributed by atoms with Gasteiger partial charge < -0.3 is 9.64 Å². The third-order valence-corrected chi connectivity index (χ3v) is 4.36. The summed E-state index contributed by atoms with van der Waals surface area (Å²) in [6, 6.07) is 10.5. The average molecular weight is 288 g/mol. The normalized spacial score (nSPS) is 20.8. The Morgan fingerprint density at radius 1 is 1.24 bits per heavy atom. The van der Waals surface area contributed by atoms with Crippen LogP contribution in [0, 0.1) is 0 Å². The molecule has 114 valence electrons. The van der Waals surface area contributed by atoms with E-state index < -0.39 is 5.60 Å². The molecule has 3 rings (SSSR count). The van der Waals surface area contributed by atoms with Crippen LogP contribution in [0.25, 0.3) is 0 Å². The fourth-order valence-electron chi connectivity index (χ4n) is 3.11. The molecule has 2 heterocycles. The molecule has 0 N–H and O–H groups in total. The lowest BCUT2D eigenvalue weighted by Gasteiger charge is -2.62. The Labute approximate surface area is 126 Å². The first-order valence-corrected chi connectivity index (χ1v) is 7.65. The molecular weight excluding hydrogens is 264 g/mol. The minimum Gasteiger partial charge on any atom is -0.444 e. The SMILES string of the molecule is CC(C)(C)OC(=O)N1CC2(CCN2Cc2ccccc2)C1. The third kappa shape index (κ3) is 2.91. The zero-order valence-corrected chi connectivity index (χ0v) is 13.1. The second-order valence-corrected chi connectivity index (χ2v) is 7.22. The number of amides is 1. The molecule has 0 bridgehead atoms. The Balaban J connectivity index is 1.54. The molecule has 0 radical (unpaired) electrons. The minimum absolute atomic E-state index is 0.181. The van der Waals surface area contributed by atoms with Gasteiger partial charge in [0.25, 0.3) is 0 Å². The van der Waals surface area contributed by atoms with Crippen LogP contribution in [0.2, 0.25) is 0 Å². The van der Waals surface area contributed by atoms with E-state index in [9.17, 15) is 4.79 Å². The van der Waals surface area contributed by atoms with E-state index in [0.29, 0.717) is 0 Å². The Morgan fingerprint density at radius 2 is 1.90 bits per heavy atom. The van der Waals surface area contributed by atoms with E-state index >= 15 is 0 Å². The highest BCUT2D eigenvalue weighted by molar-refractivity contribution is 5.70. The van der Waals surface area contributed by atoms with E-state index in [2.05, 4.69) is 29.2 Å². The van der Waals surface area contributed by atoms with Gasteiger partial charge in [0.15, 0.2) is 0 Å². The Bertz CT molecular complexity index is 515. The number of hydrogen-bond acceptors (Lipinski definition) is 3. The molecule has 4 nitrogen and oxygen atoms in total. The predicted molar refractivity (Wildman–Crippen MR) is 82.0 cm³/mol. The van der Waals surface area contributed by atoms with E-state index in [1.165, 1.54) is 12.0 Å². The number of ether oxygens (including phenoxy) is 1. The van der Waals surface area contributed by atoms with Gasteiger partial charge in [-0.15, -0.1) is 0 Å². The zero-order valence-electron chi connectivity index (χ0n) is 13.1. The summed E-state index contributed by atoms with van der Waals surface area (Å²) in [6.07, 6.45) is 0.999. The molecule has 2 aliphatic heterocycles. The Morgan fingerprint density at radius 3 is 2.43 bits per heavy atom. The van der Waals surface area contributed by atoms with Gasteiger partial charge in [-0.3, -0.25) is 4.90 Å². The molecule has 0 unspecified atom stereocenters. The largest absolute Gasteiger partial charge is 0.444 e. The van der Waals surface area contributed by atoms with Gasteiger partial charge in [-0.25, -0.2) is 4.79 Å². The van der Waals surface area contributed by atoms with Gasteiger partial charge in [-0.2, -0.15) is 0 Å². The molecule has 0 aromatic heterocycles. The molecule has 1 amide bonds. The van der Waals surface area contributed by atoms with Crippen LogP contribution < -0.4 is 0 Å². The van der Waals surface area contributed by atoms with Crippen molar-refractivity contribution in [3.8, 4) is 0 Å². The van der Waals surface area contributed by atoms with Gasteiger partial charge >= 0.3 is 6.09 Å². The van der Waals surface area contributed by atoms with Crippen molar-refractivity contribution >= 4 is 6.09 Å². The molecule has 1 spiro atoms. The van der Waals surface area contributed by atoms with Crippen molar-refractivity contribution in [3.63, 3.8) is 0 Å². The summed E-state index contributed by atoms with van der Waals surface area (Å²) in [6.45, 7) is 9.42. The summed E-state index contributed by atoms with van der Waals surface area (Å²) in [5.41, 5.74) is 1.13. The van der Waals surface area contributed by atoms with Crippen LogP contribution in [-0.2, 0) is 11.3 Å². The van der Waals surface area contributed by atoms with Crippen LogP contribution in [0.1, 0.15) is 32.8 Å². The molecule has 2 saturated heterocycles. The standard InChI is InChI=1S/C17H24N2O2/c1-16(2,3)21-15(20)18-12-17(13-18)9-10-19(17)11-14-7-5-4-6-8-14/h4-8H,9-13H2,1-3H3. The summed E-state index contributed by atoms with van der Waals surface area (Å²) >= 11 is 0. The van der Waals surface area contributed by atoms with E-state index in [0.717, 1.165) is 26.2 Å². The highest BCUT2D eigenvalue weighted by atomic mass is 16.6. The average Bonchev–Trinajstić information content (AvgIpc) is 2.32. The molecule has 21 heavy (non-hydrogen) atoms. The molecule has 2 fully saturated rings. The monoisotopic (exact) mass is 288 g/mol. The predicted octanol–water partition coefficient (Wildman–Crippen LogP) is 2.88. The molecule has 0 saturated carbocycles. The Kier molecular flexibility index (Phi) is 3.44. The summed E-state index contributed by atoms with van der Waals surface area (Å²) in [5.74, 6) is 0. The van der Waals surface area contributed by atoms with Crippen LogP contribution in [0.4, 0.5) is 4.79 Å². The minimum atomic E-state index is -0.414. The molecular formula is C17H24N2O2. The second kappa shape index (κ2) is 5.02. The van der Waals surface area contributed by atoms with Crippen LogP contribution in [0.15, 0.2) is 30.3 Å². The number of rotatable bonds is 2. The summed E-state index contributed by atoms with van der Waals surface area (Å²) < 4.78 is 5.43. The third-order valence-electron chi connectivity index (χ3n) is 4.36. The molecule has 1 aromatic carbocycles. The number of benzene rings is 1. The molecule has 4 heteroatoms. The number of likely N-dealkylation sites (tertiary alicyclic amines) is 2. The van der Waals surface area contributed by atoms with Gasteiger partial charge in [-0.05, 0) is 32.8 Å². The van der Waals surface area contributed by atoms with Gasteiger partial charge in [0, 0.05) is 26.2 Å². The molecule has 0 atom stereocenters. The van der Waals surface area contributed by atoms with E-state index in [1.54, 1.807) is 0 Å². The van der Waals surface area contributed by atoms with Crippen molar-refractivity contribution in [2.24, 2.45) is 0 Å². The van der Waals surface area contributed by atoms with E-state index in [-0.39, 0.29) is 11.6 Å². The first-order valence-electron chi connectivity index (χ1n) is 7.65. The maximum absolute atomic E-state index is 12.0. The lowest BCUT2D eigenvalue weighted by molar-refractivity contribution is -0.124. The molecule has 0 aliphatic carbocycles. The number of nitrogens with zero attached hydrogens (tertiary/aromatic N) is 2. The van der Waals surface area contributed by atoms with E-state index in [4.69, 9.17) is 4.74 Å². The first-order chi connectivity index (χ1) is 9.88. The van der Waals surface area contributed by atoms with Crippen molar-refractivity contribution in [3.05, 3.63) is 35.9 Å². The summed E-state index contributed by atoms with van der Waals surface area (Å²) in [5, 5.41) is 0. The first kappa shape index (κ1) is 14.4. The van der Waals surface area contributed by atoms with E-state index in [1.807, 2.05) is 31.7 Å². The van der Waals surface area contributed by atoms with Gasteiger partial charge in [-0.1, -0.05) is 30.3 Å². The maximum Gasteiger partial charge on any atom is 0.410 e. The van der Waals surface area contributed by atoms with Crippen LogP contribution in [0.3, 0.4) is 0 Å². The van der Waals surface area contributed by atoms with Crippen molar-refractivity contribution in [2.45, 2.75) is 44.9 Å². The number of hydrogen-bond donors (Lipinski definition) is 0. The van der Waals surface area contributed by atoms with Crippen molar-refractivity contribution in [1.29, 1.82) is 0 Å². The highest BCUT2D eigenvalue weighted by Crippen LogP contribution is 2.40. The summed E-state index contributed by atoms with van der Waals surface area (Å²) in [7, 11) is 0. The molecule has 2 aliphatic rings. The van der Waals surface area contributed by atoms with Gasteiger partial charge in [0.2, 0.25) is 0 Å². The van der Waals surface area contributed by atoms with Crippen molar-refractivity contribution in [1.82, 2.24) is 9.80 Å². The molecule has 1 aromatic rings. The van der Waals surface area contributed by atoms with Crippen LogP contribution in [0.5, 0.6) is 0 Å². The lowest BCUT2D eigenvalue weighted by Crippen LogP contribution is -2.77. The van der Waals surface area contributed by atoms with Crippen LogP contribution >= 0.6 is 0 Å². The topological polar surface area (TPSA) is 32.8 Å². The fraction of sp³-hybridized carbons (Fsp3) is 0.588. The van der Waals surface area contributed by atoms with Crippen molar-refractivity contribution < 1.29 is 9.53 Å². The zero-order chi connectivity index (χ0) is 15.1.